The second-order valence-corrected chi connectivity index (χ2v) is 7.20. The molecule has 0 radical (unpaired) electrons. The monoisotopic (exact) mass is 430 g/mol. The number of aliphatic hydroxyl groups is 1. The summed E-state index contributed by atoms with van der Waals surface area (Å²) in [7, 11) is 0. The van der Waals surface area contributed by atoms with Gasteiger partial charge in [0.2, 0.25) is 17.8 Å². The summed E-state index contributed by atoms with van der Waals surface area (Å²) >= 11 is 3.35. The van der Waals surface area contributed by atoms with E-state index in [1.165, 1.54) is 0 Å². The number of rotatable bonds is 7. The lowest BCUT2D eigenvalue weighted by molar-refractivity contribution is 0.0265. The largest absolute Gasteiger partial charge is 0.474 e. The molecule has 0 saturated carbocycles. The minimum Gasteiger partial charge on any atom is -0.474 e. The Bertz CT molecular complexity index is 885. The third kappa shape index (κ3) is 5.87. The molecule has 0 saturated heterocycles. The van der Waals surface area contributed by atoms with Crippen LogP contribution >= 0.6 is 15.9 Å². The molecule has 140 valence electrons. The van der Waals surface area contributed by atoms with Crippen LogP contribution in [0, 0.1) is 0 Å². The minimum absolute atomic E-state index is 0.115. The standard InChI is InChI=1S/C18H19BrN6O2/c1-18(2,26)11-27-15-14(19)10-22-17(25-15)24-13-6-4-12(5-7-13)23-16-20-8-3-9-21-16/h3-10,26H,11H2,1-2H3,(H,20,21,23)(H,22,24,25). The van der Waals surface area contributed by atoms with Crippen molar-refractivity contribution in [1.82, 2.24) is 19.9 Å². The first kappa shape index (κ1) is 19.0. The molecule has 0 aliphatic rings. The summed E-state index contributed by atoms with van der Waals surface area (Å²) in [5.41, 5.74) is 0.714. The topological polar surface area (TPSA) is 105 Å². The number of benzene rings is 1. The van der Waals surface area contributed by atoms with E-state index in [-0.39, 0.29) is 6.61 Å². The highest BCUT2D eigenvalue weighted by Gasteiger charge is 2.16. The van der Waals surface area contributed by atoms with Gasteiger partial charge in [-0.2, -0.15) is 4.98 Å². The Kier molecular flexibility index (Phi) is 5.82. The van der Waals surface area contributed by atoms with E-state index < -0.39 is 5.60 Å². The van der Waals surface area contributed by atoms with E-state index >= 15 is 0 Å². The third-order valence-corrected chi connectivity index (χ3v) is 3.78. The van der Waals surface area contributed by atoms with Crippen LogP contribution in [0.4, 0.5) is 23.3 Å². The molecule has 3 aromatic rings. The second-order valence-electron chi connectivity index (χ2n) is 6.35. The molecule has 9 heteroatoms. The average molecular weight is 431 g/mol. The van der Waals surface area contributed by atoms with Gasteiger partial charge in [-0.05, 0) is 60.1 Å². The van der Waals surface area contributed by atoms with Crippen LogP contribution in [0.25, 0.3) is 0 Å². The van der Waals surface area contributed by atoms with Gasteiger partial charge in [-0.25, -0.2) is 15.0 Å². The fourth-order valence-electron chi connectivity index (χ4n) is 2.02. The predicted octanol–water partition coefficient (Wildman–Crippen LogP) is 3.67. The Labute approximate surface area is 165 Å². The SMILES string of the molecule is CC(C)(O)COc1nc(Nc2ccc(Nc3ncccn3)cc2)ncc1Br. The Balaban J connectivity index is 1.66. The molecule has 0 atom stereocenters. The van der Waals surface area contributed by atoms with Crippen LogP contribution in [-0.2, 0) is 0 Å². The number of anilines is 4. The molecule has 0 fully saturated rings. The maximum atomic E-state index is 9.79. The molecule has 3 N–H and O–H groups in total. The molecule has 0 unspecified atom stereocenters. The highest BCUT2D eigenvalue weighted by molar-refractivity contribution is 9.10. The summed E-state index contributed by atoms with van der Waals surface area (Å²) in [6, 6.07) is 9.31. The lowest BCUT2D eigenvalue weighted by Gasteiger charge is -2.18. The molecule has 0 spiro atoms. The number of nitrogens with one attached hydrogen (secondary N) is 2. The van der Waals surface area contributed by atoms with Crippen LogP contribution in [0.5, 0.6) is 5.88 Å². The highest BCUT2D eigenvalue weighted by atomic mass is 79.9. The number of nitrogens with zero attached hydrogens (tertiary/aromatic N) is 4. The van der Waals surface area contributed by atoms with Crippen molar-refractivity contribution in [2.75, 3.05) is 17.2 Å². The molecule has 0 amide bonds. The van der Waals surface area contributed by atoms with Crippen LogP contribution in [0.3, 0.4) is 0 Å². The molecule has 2 heterocycles. The maximum absolute atomic E-state index is 9.79. The fraction of sp³-hybridized carbons (Fsp3) is 0.222. The van der Waals surface area contributed by atoms with Gasteiger partial charge in [0.15, 0.2) is 0 Å². The van der Waals surface area contributed by atoms with E-state index in [2.05, 4.69) is 46.5 Å². The van der Waals surface area contributed by atoms with Crippen LogP contribution in [0.2, 0.25) is 0 Å². The Morgan fingerprint density at radius 1 is 1.00 bits per heavy atom. The highest BCUT2D eigenvalue weighted by Crippen LogP contribution is 2.25. The zero-order chi connectivity index (χ0) is 19.3. The first-order valence-corrected chi connectivity index (χ1v) is 8.97. The van der Waals surface area contributed by atoms with Gasteiger partial charge in [0.05, 0.1) is 16.3 Å². The molecule has 27 heavy (non-hydrogen) atoms. The zero-order valence-corrected chi connectivity index (χ0v) is 16.4. The Morgan fingerprint density at radius 2 is 1.59 bits per heavy atom. The van der Waals surface area contributed by atoms with Crippen molar-refractivity contribution in [2.45, 2.75) is 19.4 Å². The third-order valence-electron chi connectivity index (χ3n) is 3.24. The first-order chi connectivity index (χ1) is 12.9. The first-order valence-electron chi connectivity index (χ1n) is 8.18. The van der Waals surface area contributed by atoms with Gasteiger partial charge in [-0.15, -0.1) is 0 Å². The summed E-state index contributed by atoms with van der Waals surface area (Å²) in [6.07, 6.45) is 4.94. The smallest absolute Gasteiger partial charge is 0.233 e. The molecule has 0 aliphatic carbocycles. The molecule has 3 rings (SSSR count). The summed E-state index contributed by atoms with van der Waals surface area (Å²) in [5.74, 6) is 1.27. The van der Waals surface area contributed by atoms with E-state index in [4.69, 9.17) is 4.74 Å². The van der Waals surface area contributed by atoms with Crippen molar-refractivity contribution in [1.29, 1.82) is 0 Å². The fourth-order valence-corrected chi connectivity index (χ4v) is 2.32. The van der Waals surface area contributed by atoms with Crippen LogP contribution in [-0.4, -0.2) is 37.3 Å². The van der Waals surface area contributed by atoms with Gasteiger partial charge in [-0.3, -0.25) is 0 Å². The van der Waals surface area contributed by atoms with Gasteiger partial charge >= 0.3 is 0 Å². The summed E-state index contributed by atoms with van der Waals surface area (Å²) in [6.45, 7) is 3.44. The number of aromatic nitrogens is 4. The second kappa shape index (κ2) is 8.28. The summed E-state index contributed by atoms with van der Waals surface area (Å²) < 4.78 is 6.16. The van der Waals surface area contributed by atoms with Crippen molar-refractivity contribution < 1.29 is 9.84 Å². The van der Waals surface area contributed by atoms with E-state index in [9.17, 15) is 5.11 Å². The lowest BCUT2D eigenvalue weighted by atomic mass is 10.2. The molecular weight excluding hydrogens is 412 g/mol. The summed E-state index contributed by atoms with van der Waals surface area (Å²) in [5, 5.41) is 16.0. The average Bonchev–Trinajstić information content (AvgIpc) is 2.64. The summed E-state index contributed by atoms with van der Waals surface area (Å²) in [4.78, 5) is 16.8. The van der Waals surface area contributed by atoms with Crippen molar-refractivity contribution in [3.63, 3.8) is 0 Å². The number of hydrogen-bond acceptors (Lipinski definition) is 8. The molecule has 8 nitrogen and oxygen atoms in total. The maximum Gasteiger partial charge on any atom is 0.233 e. The molecular formula is C18H19BrN6O2. The normalized spacial score (nSPS) is 11.1. The molecule has 0 bridgehead atoms. The van der Waals surface area contributed by atoms with Gasteiger partial charge in [0.25, 0.3) is 0 Å². The Hall–Kier alpha value is -2.78. The van der Waals surface area contributed by atoms with Gasteiger partial charge in [-0.1, -0.05) is 0 Å². The molecule has 1 aromatic carbocycles. The lowest BCUT2D eigenvalue weighted by Crippen LogP contribution is -2.28. The number of hydrogen-bond donors (Lipinski definition) is 3. The van der Waals surface area contributed by atoms with E-state index in [0.717, 1.165) is 11.4 Å². The van der Waals surface area contributed by atoms with Gasteiger partial charge in [0, 0.05) is 23.8 Å². The number of halogens is 1. The van der Waals surface area contributed by atoms with Crippen molar-refractivity contribution in [3.05, 3.63) is 53.4 Å². The minimum atomic E-state index is -0.955. The van der Waals surface area contributed by atoms with Crippen molar-refractivity contribution in [2.24, 2.45) is 0 Å². The Morgan fingerprint density at radius 3 is 2.19 bits per heavy atom. The van der Waals surface area contributed by atoms with Gasteiger partial charge in [0.1, 0.15) is 6.61 Å². The zero-order valence-electron chi connectivity index (χ0n) is 14.8. The van der Waals surface area contributed by atoms with Crippen molar-refractivity contribution >= 4 is 39.2 Å². The number of ether oxygens (including phenoxy) is 1. The van der Waals surface area contributed by atoms with E-state index in [1.54, 1.807) is 38.5 Å². The molecule has 0 aliphatic heterocycles. The predicted molar refractivity (Wildman–Crippen MR) is 107 cm³/mol. The quantitative estimate of drug-likeness (QED) is 0.521. The van der Waals surface area contributed by atoms with E-state index in [1.807, 2.05) is 24.3 Å². The van der Waals surface area contributed by atoms with Crippen LogP contribution < -0.4 is 15.4 Å². The molecule has 2 aromatic heterocycles. The van der Waals surface area contributed by atoms with E-state index in [0.29, 0.717) is 22.2 Å². The van der Waals surface area contributed by atoms with Crippen molar-refractivity contribution in [3.8, 4) is 5.88 Å². The van der Waals surface area contributed by atoms with Crippen LogP contribution in [0.1, 0.15) is 13.8 Å². The van der Waals surface area contributed by atoms with Crippen LogP contribution in [0.15, 0.2) is 53.4 Å². The van der Waals surface area contributed by atoms with Gasteiger partial charge < -0.3 is 20.5 Å².